The van der Waals surface area contributed by atoms with Crippen LogP contribution in [0.25, 0.3) is 0 Å². The minimum atomic E-state index is 0.652. The molecule has 0 radical (unpaired) electrons. The highest BCUT2D eigenvalue weighted by molar-refractivity contribution is 5.29. The van der Waals surface area contributed by atoms with Gasteiger partial charge in [-0.25, -0.2) is 4.98 Å². The molecule has 0 aliphatic carbocycles. The average molecular weight is 199 g/mol. The topological polar surface area (TPSA) is 22.1 Å². The fourth-order valence-corrected chi connectivity index (χ4v) is 1.47. The summed E-state index contributed by atoms with van der Waals surface area (Å²) in [5.41, 5.74) is 2.13. The van der Waals surface area contributed by atoms with E-state index in [1.54, 1.807) is 0 Å². The number of aryl methyl sites for hydroxylation is 2. The van der Waals surface area contributed by atoms with Gasteiger partial charge in [-0.2, -0.15) is 0 Å². The summed E-state index contributed by atoms with van der Waals surface area (Å²) in [5, 5.41) is 0. The van der Waals surface area contributed by atoms with Crippen LogP contribution in [0.1, 0.15) is 11.3 Å². The van der Waals surface area contributed by atoms with Crippen LogP contribution in [0, 0.1) is 13.8 Å². The van der Waals surface area contributed by atoms with Gasteiger partial charge in [-0.05, 0) is 37.6 Å². The molecule has 2 heteroatoms. The van der Waals surface area contributed by atoms with E-state index in [-0.39, 0.29) is 0 Å². The molecule has 0 spiro atoms. The number of para-hydroxylation sites is 1. The highest BCUT2D eigenvalue weighted by atomic mass is 16.5. The van der Waals surface area contributed by atoms with Crippen LogP contribution in [-0.4, -0.2) is 4.98 Å². The summed E-state index contributed by atoms with van der Waals surface area (Å²) in [7, 11) is 0. The van der Waals surface area contributed by atoms with Gasteiger partial charge in [0.25, 0.3) is 0 Å². The van der Waals surface area contributed by atoms with E-state index in [1.165, 1.54) is 0 Å². The summed E-state index contributed by atoms with van der Waals surface area (Å²) in [5.74, 6) is 1.47. The Balaban J connectivity index is 2.25. The van der Waals surface area contributed by atoms with Gasteiger partial charge in [0.1, 0.15) is 5.75 Å². The average Bonchev–Trinajstić information content (AvgIpc) is 2.17. The van der Waals surface area contributed by atoms with E-state index in [2.05, 4.69) is 4.98 Å². The molecule has 2 nitrogen and oxygen atoms in total. The fraction of sp³-hybridized carbons (Fsp3) is 0.154. The lowest BCUT2D eigenvalue weighted by Gasteiger charge is -2.05. The summed E-state index contributed by atoms with van der Waals surface area (Å²) in [4.78, 5) is 4.31. The predicted molar refractivity (Wildman–Crippen MR) is 60.2 cm³/mol. The summed E-state index contributed by atoms with van der Waals surface area (Å²) >= 11 is 0. The van der Waals surface area contributed by atoms with E-state index in [4.69, 9.17) is 4.74 Å². The van der Waals surface area contributed by atoms with Crippen LogP contribution in [0.5, 0.6) is 11.6 Å². The zero-order valence-corrected chi connectivity index (χ0v) is 8.90. The van der Waals surface area contributed by atoms with Crippen molar-refractivity contribution < 1.29 is 4.74 Å². The van der Waals surface area contributed by atoms with E-state index in [1.807, 2.05) is 56.3 Å². The maximum Gasteiger partial charge on any atom is 0.219 e. The van der Waals surface area contributed by atoms with E-state index in [9.17, 15) is 0 Å². The Bertz CT molecular complexity index is 431. The Labute approximate surface area is 89.6 Å². The van der Waals surface area contributed by atoms with Crippen molar-refractivity contribution in [2.45, 2.75) is 13.8 Å². The van der Waals surface area contributed by atoms with Crippen LogP contribution < -0.4 is 4.74 Å². The van der Waals surface area contributed by atoms with Gasteiger partial charge in [-0.15, -0.1) is 0 Å². The zero-order valence-electron chi connectivity index (χ0n) is 8.90. The molecule has 1 aromatic carbocycles. The van der Waals surface area contributed by atoms with Gasteiger partial charge in [-0.3, -0.25) is 0 Å². The van der Waals surface area contributed by atoms with Crippen molar-refractivity contribution >= 4 is 0 Å². The molecule has 0 fully saturated rings. The Morgan fingerprint density at radius 3 is 2.40 bits per heavy atom. The second-order valence-corrected chi connectivity index (χ2v) is 3.54. The SMILES string of the molecule is Cc1cc(C)nc(Oc2ccccc2)c1. The van der Waals surface area contributed by atoms with Crippen molar-refractivity contribution in [3.8, 4) is 11.6 Å². The third kappa shape index (κ3) is 2.56. The van der Waals surface area contributed by atoms with Gasteiger partial charge in [0.05, 0.1) is 0 Å². The van der Waals surface area contributed by atoms with Crippen molar-refractivity contribution in [2.24, 2.45) is 0 Å². The lowest BCUT2D eigenvalue weighted by Crippen LogP contribution is -1.90. The molecule has 0 atom stereocenters. The number of nitrogens with zero attached hydrogens (tertiary/aromatic N) is 1. The minimum Gasteiger partial charge on any atom is -0.439 e. The van der Waals surface area contributed by atoms with Crippen molar-refractivity contribution in [1.82, 2.24) is 4.98 Å². The van der Waals surface area contributed by atoms with Gasteiger partial charge in [0.2, 0.25) is 5.88 Å². The maximum atomic E-state index is 5.63. The number of pyridine rings is 1. The number of hydrogen-bond acceptors (Lipinski definition) is 2. The monoisotopic (exact) mass is 199 g/mol. The predicted octanol–water partition coefficient (Wildman–Crippen LogP) is 3.49. The summed E-state index contributed by atoms with van der Waals surface area (Å²) in [6, 6.07) is 13.6. The molecule has 15 heavy (non-hydrogen) atoms. The van der Waals surface area contributed by atoms with Gasteiger partial charge < -0.3 is 4.74 Å². The van der Waals surface area contributed by atoms with E-state index in [0.717, 1.165) is 17.0 Å². The quantitative estimate of drug-likeness (QED) is 0.738. The van der Waals surface area contributed by atoms with Crippen LogP contribution in [-0.2, 0) is 0 Å². The molecule has 0 aliphatic heterocycles. The molecule has 1 heterocycles. The van der Waals surface area contributed by atoms with Crippen molar-refractivity contribution in [1.29, 1.82) is 0 Å². The third-order valence-corrected chi connectivity index (χ3v) is 2.04. The number of rotatable bonds is 2. The van der Waals surface area contributed by atoms with Crippen LogP contribution >= 0.6 is 0 Å². The summed E-state index contributed by atoms with van der Waals surface area (Å²) in [6.07, 6.45) is 0. The van der Waals surface area contributed by atoms with E-state index in [0.29, 0.717) is 5.88 Å². The third-order valence-electron chi connectivity index (χ3n) is 2.04. The van der Waals surface area contributed by atoms with Crippen molar-refractivity contribution in [2.75, 3.05) is 0 Å². The molecule has 0 aliphatic rings. The molecule has 0 saturated carbocycles. The molecule has 0 bridgehead atoms. The molecule has 0 unspecified atom stereocenters. The van der Waals surface area contributed by atoms with Crippen molar-refractivity contribution in [3.63, 3.8) is 0 Å². The lowest BCUT2D eigenvalue weighted by molar-refractivity contribution is 0.461. The maximum absolute atomic E-state index is 5.63. The van der Waals surface area contributed by atoms with Gasteiger partial charge in [-0.1, -0.05) is 18.2 Å². The number of hydrogen-bond donors (Lipinski definition) is 0. The molecule has 76 valence electrons. The molecule has 2 aromatic rings. The Hall–Kier alpha value is -1.83. The summed E-state index contributed by atoms with van der Waals surface area (Å²) < 4.78 is 5.63. The Morgan fingerprint density at radius 2 is 1.73 bits per heavy atom. The summed E-state index contributed by atoms with van der Waals surface area (Å²) in [6.45, 7) is 4.00. The Kier molecular flexibility index (Phi) is 2.68. The van der Waals surface area contributed by atoms with Crippen LogP contribution in [0.3, 0.4) is 0 Å². The standard InChI is InChI=1S/C13H13NO/c1-10-8-11(2)14-13(9-10)15-12-6-4-3-5-7-12/h3-9H,1-2H3. The first-order chi connectivity index (χ1) is 7.24. The van der Waals surface area contributed by atoms with Gasteiger partial charge >= 0.3 is 0 Å². The number of ether oxygens (including phenoxy) is 1. The molecular weight excluding hydrogens is 186 g/mol. The first-order valence-corrected chi connectivity index (χ1v) is 4.92. The second-order valence-electron chi connectivity index (χ2n) is 3.54. The first kappa shape index (κ1) is 9.71. The van der Waals surface area contributed by atoms with Crippen LogP contribution in [0.15, 0.2) is 42.5 Å². The van der Waals surface area contributed by atoms with E-state index >= 15 is 0 Å². The highest BCUT2D eigenvalue weighted by Crippen LogP contribution is 2.19. The fourth-order valence-electron chi connectivity index (χ4n) is 1.47. The van der Waals surface area contributed by atoms with E-state index < -0.39 is 0 Å². The van der Waals surface area contributed by atoms with Crippen LogP contribution in [0.4, 0.5) is 0 Å². The van der Waals surface area contributed by atoms with Gasteiger partial charge in [0.15, 0.2) is 0 Å². The molecule has 0 amide bonds. The minimum absolute atomic E-state index is 0.652. The first-order valence-electron chi connectivity index (χ1n) is 4.92. The Morgan fingerprint density at radius 1 is 1.00 bits per heavy atom. The molecule has 2 rings (SSSR count). The number of aromatic nitrogens is 1. The molecular formula is C13H13NO. The van der Waals surface area contributed by atoms with Gasteiger partial charge in [0, 0.05) is 11.8 Å². The smallest absolute Gasteiger partial charge is 0.219 e. The molecule has 0 saturated heterocycles. The lowest BCUT2D eigenvalue weighted by atomic mass is 10.2. The highest BCUT2D eigenvalue weighted by Gasteiger charge is 1.99. The van der Waals surface area contributed by atoms with Crippen molar-refractivity contribution in [3.05, 3.63) is 53.7 Å². The molecule has 0 N–H and O–H groups in total. The molecule has 1 aromatic heterocycles. The second kappa shape index (κ2) is 4.13. The normalized spacial score (nSPS) is 10.0. The zero-order chi connectivity index (χ0) is 10.7. The number of benzene rings is 1. The van der Waals surface area contributed by atoms with Crippen LogP contribution in [0.2, 0.25) is 0 Å². The largest absolute Gasteiger partial charge is 0.439 e.